The molecule has 146 valence electrons. The van der Waals surface area contributed by atoms with Gasteiger partial charge in [-0.1, -0.05) is 18.6 Å². The zero-order chi connectivity index (χ0) is 20.1. The van der Waals surface area contributed by atoms with Crippen molar-refractivity contribution in [3.63, 3.8) is 0 Å². The third-order valence-electron chi connectivity index (χ3n) is 5.03. The fraction of sp³-hybridized carbons (Fsp3) is 0.286. The molecule has 1 fully saturated rings. The summed E-state index contributed by atoms with van der Waals surface area (Å²) in [5.41, 5.74) is 1.09. The molecule has 1 saturated carbocycles. The summed E-state index contributed by atoms with van der Waals surface area (Å²) in [7, 11) is 0. The maximum Gasteiger partial charge on any atom is 0.322 e. The molecular weight excluding hydrogens is 363 g/mol. The zero-order valence-corrected chi connectivity index (χ0v) is 15.2. The molecule has 7 heteroatoms. The maximum atomic E-state index is 13.4. The van der Waals surface area contributed by atoms with Crippen LogP contribution in [-0.4, -0.2) is 29.4 Å². The molecule has 1 aliphatic rings. The van der Waals surface area contributed by atoms with Crippen molar-refractivity contribution in [1.29, 1.82) is 0 Å². The van der Waals surface area contributed by atoms with Crippen molar-refractivity contribution >= 4 is 23.5 Å². The molecule has 0 radical (unpaired) electrons. The van der Waals surface area contributed by atoms with E-state index in [9.17, 15) is 18.8 Å². The normalized spacial score (nSPS) is 14.6. The first kappa shape index (κ1) is 19.5. The zero-order valence-electron chi connectivity index (χ0n) is 15.2. The van der Waals surface area contributed by atoms with Crippen LogP contribution in [0.5, 0.6) is 0 Å². The summed E-state index contributed by atoms with van der Waals surface area (Å²) in [6, 6.07) is 12.5. The van der Waals surface area contributed by atoms with Crippen LogP contribution < -0.4 is 10.6 Å². The highest BCUT2D eigenvalue weighted by molar-refractivity contribution is 5.98. The molecule has 0 aromatic heterocycles. The van der Waals surface area contributed by atoms with E-state index in [2.05, 4.69) is 10.6 Å². The van der Waals surface area contributed by atoms with E-state index >= 15 is 0 Å². The predicted molar refractivity (Wildman–Crippen MR) is 101 cm³/mol. The highest BCUT2D eigenvalue weighted by atomic mass is 19.1. The molecule has 2 amide bonds. The van der Waals surface area contributed by atoms with Crippen molar-refractivity contribution in [2.45, 2.75) is 25.7 Å². The molecule has 0 spiro atoms. The van der Waals surface area contributed by atoms with E-state index in [0.717, 1.165) is 24.8 Å². The summed E-state index contributed by atoms with van der Waals surface area (Å²) in [4.78, 5) is 35.2. The summed E-state index contributed by atoms with van der Waals surface area (Å²) in [6.07, 6.45) is 2.91. The van der Waals surface area contributed by atoms with Gasteiger partial charge in [-0.25, -0.2) is 4.39 Å². The molecule has 3 rings (SSSR count). The van der Waals surface area contributed by atoms with Crippen molar-refractivity contribution in [2.75, 3.05) is 11.9 Å². The van der Waals surface area contributed by atoms with Gasteiger partial charge in [0.2, 0.25) is 5.91 Å². The van der Waals surface area contributed by atoms with Crippen LogP contribution in [0.2, 0.25) is 0 Å². The van der Waals surface area contributed by atoms with Gasteiger partial charge in [-0.05, 0) is 61.2 Å². The van der Waals surface area contributed by atoms with Crippen LogP contribution in [0.3, 0.4) is 0 Å². The average molecular weight is 384 g/mol. The molecule has 0 atom stereocenters. The van der Waals surface area contributed by atoms with Crippen molar-refractivity contribution in [3.8, 4) is 0 Å². The summed E-state index contributed by atoms with van der Waals surface area (Å²) >= 11 is 0. The summed E-state index contributed by atoms with van der Waals surface area (Å²) in [5.74, 6) is -2.06. The van der Waals surface area contributed by atoms with Gasteiger partial charge >= 0.3 is 5.97 Å². The second kappa shape index (κ2) is 8.21. The number of anilines is 1. The number of carboxylic acid groups (broad SMARTS) is 1. The van der Waals surface area contributed by atoms with Crippen LogP contribution in [0.15, 0.2) is 48.5 Å². The predicted octanol–water partition coefficient (Wildman–Crippen LogP) is 2.99. The van der Waals surface area contributed by atoms with Crippen LogP contribution in [0.4, 0.5) is 10.1 Å². The fourth-order valence-corrected chi connectivity index (χ4v) is 3.35. The Balaban J connectivity index is 1.64. The third-order valence-corrected chi connectivity index (χ3v) is 5.03. The number of amides is 2. The molecule has 0 bridgehead atoms. The van der Waals surface area contributed by atoms with E-state index in [1.54, 1.807) is 18.2 Å². The number of hydrogen-bond acceptors (Lipinski definition) is 3. The molecule has 0 heterocycles. The van der Waals surface area contributed by atoms with Crippen LogP contribution in [0, 0.1) is 11.2 Å². The van der Waals surface area contributed by atoms with Gasteiger partial charge in [0.25, 0.3) is 5.91 Å². The smallest absolute Gasteiger partial charge is 0.322 e. The lowest BCUT2D eigenvalue weighted by atomic mass is 9.64. The van der Waals surface area contributed by atoms with Gasteiger partial charge in [-0.2, -0.15) is 0 Å². The Labute approximate surface area is 161 Å². The monoisotopic (exact) mass is 384 g/mol. The molecule has 0 unspecified atom stereocenters. The second-order valence-electron chi connectivity index (χ2n) is 7.05. The highest BCUT2D eigenvalue weighted by Gasteiger charge is 2.44. The van der Waals surface area contributed by atoms with Crippen LogP contribution in [0.1, 0.15) is 35.2 Å². The molecule has 1 aliphatic carbocycles. The molecule has 0 aliphatic heterocycles. The van der Waals surface area contributed by atoms with E-state index in [1.807, 2.05) is 6.07 Å². The minimum Gasteiger partial charge on any atom is -0.480 e. The number of carbonyl (C=O) groups excluding carboxylic acids is 2. The number of nitrogens with one attached hydrogen (secondary N) is 2. The highest BCUT2D eigenvalue weighted by Crippen LogP contribution is 2.44. The van der Waals surface area contributed by atoms with E-state index in [1.165, 1.54) is 24.3 Å². The number of aliphatic carboxylic acids is 1. The summed E-state index contributed by atoms with van der Waals surface area (Å²) in [6.45, 7) is -0.458. The van der Waals surface area contributed by atoms with Crippen molar-refractivity contribution in [1.82, 2.24) is 5.32 Å². The Morgan fingerprint density at radius 3 is 2.36 bits per heavy atom. The van der Waals surface area contributed by atoms with Gasteiger partial charge in [0, 0.05) is 11.3 Å². The van der Waals surface area contributed by atoms with Gasteiger partial charge in [0.15, 0.2) is 0 Å². The van der Waals surface area contributed by atoms with E-state index in [-0.39, 0.29) is 11.7 Å². The molecule has 6 nitrogen and oxygen atoms in total. The first-order chi connectivity index (χ1) is 13.4. The number of hydrogen-bond donors (Lipinski definition) is 3. The van der Waals surface area contributed by atoms with Crippen molar-refractivity contribution in [2.24, 2.45) is 5.41 Å². The standard InChI is InChI=1S/C21H21FN2O4/c22-16-4-1-3-14(11-16)12-21(9-2-10-21)20(28)24-17-7-5-15(6-8-17)19(27)23-13-18(25)26/h1,3-8,11H,2,9-10,12-13H2,(H,23,27)(H,24,28)(H,25,26). The summed E-state index contributed by atoms with van der Waals surface area (Å²) < 4.78 is 13.4. The number of carbonyl (C=O) groups is 3. The SMILES string of the molecule is O=C(O)CNC(=O)c1ccc(NC(=O)C2(Cc3cccc(F)c3)CCC2)cc1. The van der Waals surface area contributed by atoms with Crippen LogP contribution in [0.25, 0.3) is 0 Å². The Kier molecular flexibility index (Phi) is 5.73. The lowest BCUT2D eigenvalue weighted by Crippen LogP contribution is -2.43. The maximum absolute atomic E-state index is 13.4. The quantitative estimate of drug-likeness (QED) is 0.684. The Morgan fingerprint density at radius 1 is 1.07 bits per heavy atom. The largest absolute Gasteiger partial charge is 0.480 e. The number of benzene rings is 2. The summed E-state index contributed by atoms with van der Waals surface area (Å²) in [5, 5.41) is 13.7. The second-order valence-corrected chi connectivity index (χ2v) is 7.05. The Morgan fingerprint density at radius 2 is 1.79 bits per heavy atom. The van der Waals surface area contributed by atoms with Gasteiger partial charge in [0.05, 0.1) is 5.41 Å². The fourth-order valence-electron chi connectivity index (χ4n) is 3.35. The number of halogens is 1. The number of carboxylic acids is 1. The molecule has 0 saturated heterocycles. The molecule has 2 aromatic carbocycles. The lowest BCUT2D eigenvalue weighted by Gasteiger charge is -2.40. The molecule has 3 N–H and O–H groups in total. The average Bonchev–Trinajstić information content (AvgIpc) is 2.63. The van der Waals surface area contributed by atoms with Crippen molar-refractivity contribution < 1.29 is 23.9 Å². The minimum atomic E-state index is -1.12. The van der Waals surface area contributed by atoms with Gasteiger partial charge in [0.1, 0.15) is 12.4 Å². The topological polar surface area (TPSA) is 95.5 Å². The van der Waals surface area contributed by atoms with Gasteiger partial charge < -0.3 is 15.7 Å². The third kappa shape index (κ3) is 4.54. The number of rotatable bonds is 7. The van der Waals surface area contributed by atoms with Gasteiger partial charge in [-0.15, -0.1) is 0 Å². The Bertz CT molecular complexity index is 892. The van der Waals surface area contributed by atoms with E-state index < -0.39 is 23.8 Å². The molecule has 28 heavy (non-hydrogen) atoms. The molecular formula is C21H21FN2O4. The lowest BCUT2D eigenvalue weighted by molar-refractivity contribution is -0.135. The van der Waals surface area contributed by atoms with Crippen LogP contribution in [-0.2, 0) is 16.0 Å². The van der Waals surface area contributed by atoms with Gasteiger partial charge in [-0.3, -0.25) is 14.4 Å². The van der Waals surface area contributed by atoms with E-state index in [0.29, 0.717) is 17.7 Å². The van der Waals surface area contributed by atoms with Crippen molar-refractivity contribution in [3.05, 3.63) is 65.5 Å². The first-order valence-electron chi connectivity index (χ1n) is 9.04. The van der Waals surface area contributed by atoms with Crippen LogP contribution >= 0.6 is 0 Å². The minimum absolute atomic E-state index is 0.119. The Hall–Kier alpha value is -3.22. The molecule has 2 aromatic rings. The van der Waals surface area contributed by atoms with E-state index in [4.69, 9.17) is 5.11 Å². The first-order valence-corrected chi connectivity index (χ1v) is 9.04.